The van der Waals surface area contributed by atoms with Gasteiger partial charge in [-0.3, -0.25) is 4.79 Å². The second kappa shape index (κ2) is 17.5. The van der Waals surface area contributed by atoms with Gasteiger partial charge in [0.05, 0.1) is 0 Å². The van der Waals surface area contributed by atoms with Crippen molar-refractivity contribution in [1.82, 2.24) is 0 Å². The third-order valence-corrected chi connectivity index (χ3v) is 3.22. The van der Waals surface area contributed by atoms with Crippen LogP contribution in [0.15, 0.2) is 48.6 Å². The van der Waals surface area contributed by atoms with E-state index in [-0.39, 0.29) is 6.42 Å². The summed E-state index contributed by atoms with van der Waals surface area (Å²) in [5.74, 6) is -0.712. The predicted molar refractivity (Wildman–Crippen MR) is 96.0 cm³/mol. The van der Waals surface area contributed by atoms with Gasteiger partial charge in [-0.15, -0.1) is 0 Å². The first-order chi connectivity index (χ1) is 10.8. The van der Waals surface area contributed by atoms with Gasteiger partial charge >= 0.3 is 5.97 Å². The average Bonchev–Trinajstić information content (AvgIpc) is 2.50. The minimum Gasteiger partial charge on any atom is -0.481 e. The molecule has 0 aromatic carbocycles. The maximum absolute atomic E-state index is 10.3. The van der Waals surface area contributed by atoms with Crippen molar-refractivity contribution in [3.63, 3.8) is 0 Å². The van der Waals surface area contributed by atoms with Gasteiger partial charge in [0.15, 0.2) is 0 Å². The van der Waals surface area contributed by atoms with E-state index >= 15 is 0 Å². The van der Waals surface area contributed by atoms with Gasteiger partial charge in [0.1, 0.15) is 0 Å². The molecule has 0 aromatic heterocycles. The molecule has 0 rings (SSSR count). The average molecular weight is 303 g/mol. The zero-order valence-electron chi connectivity index (χ0n) is 14.0. The van der Waals surface area contributed by atoms with Crippen LogP contribution in [0, 0.1) is 0 Å². The highest BCUT2D eigenvalue weighted by atomic mass is 16.4. The number of carboxylic acid groups (broad SMARTS) is 1. The molecule has 0 bridgehead atoms. The van der Waals surface area contributed by atoms with Crippen LogP contribution in [0.5, 0.6) is 0 Å². The first-order valence-corrected chi connectivity index (χ1v) is 8.59. The smallest absolute Gasteiger partial charge is 0.303 e. The fourth-order valence-electron chi connectivity index (χ4n) is 1.93. The van der Waals surface area contributed by atoms with Crippen LogP contribution >= 0.6 is 0 Å². The summed E-state index contributed by atoms with van der Waals surface area (Å²) >= 11 is 0. The summed E-state index contributed by atoms with van der Waals surface area (Å²) in [6.45, 7) is 2.23. The highest BCUT2D eigenvalue weighted by Gasteiger charge is 1.92. The standard InChI is InChI=1S/C20H32O2/c1-2-3-4-5-6-7-8-9-10-11-12-13-14-15-16-17-18-19-20(21)22/h6-7,9-10,12-13,15-16H,2-5,8,11,14,17-19H2,1H3,(H,21,22)/b7-6-,10-9-,13-12-,16-15-/i2-1. The molecule has 0 aliphatic rings. The van der Waals surface area contributed by atoms with Crippen molar-refractivity contribution in [2.24, 2.45) is 0 Å². The molecule has 2 nitrogen and oxygen atoms in total. The molecule has 0 unspecified atom stereocenters. The first-order valence-electron chi connectivity index (χ1n) is 8.59. The number of carboxylic acids is 1. The summed E-state index contributed by atoms with van der Waals surface area (Å²) < 4.78 is 0. The van der Waals surface area contributed by atoms with Gasteiger partial charge in [-0.25, -0.2) is 0 Å². The zero-order valence-corrected chi connectivity index (χ0v) is 14.0. The van der Waals surface area contributed by atoms with Gasteiger partial charge in [0.25, 0.3) is 0 Å². The quantitative estimate of drug-likeness (QED) is 0.305. The second-order valence-electron chi connectivity index (χ2n) is 5.37. The second-order valence-corrected chi connectivity index (χ2v) is 5.37. The fraction of sp³-hybridized carbons (Fsp3) is 0.550. The van der Waals surface area contributed by atoms with E-state index in [1.54, 1.807) is 0 Å². The number of rotatable bonds is 14. The topological polar surface area (TPSA) is 37.3 Å². The molecule has 0 radical (unpaired) electrons. The molecule has 0 aromatic rings. The summed E-state index contributed by atoms with van der Waals surface area (Å²) in [4.78, 5) is 10.3. The maximum atomic E-state index is 10.3. The molecule has 0 amide bonds. The summed E-state index contributed by atoms with van der Waals surface area (Å²) in [5, 5.41) is 8.49. The molecule has 124 valence electrons. The number of allylic oxidation sites excluding steroid dienone is 8. The van der Waals surface area contributed by atoms with Gasteiger partial charge in [0.2, 0.25) is 0 Å². The number of unbranched alkanes of at least 4 members (excludes halogenated alkanes) is 4. The Bertz CT molecular complexity index is 362. The van der Waals surface area contributed by atoms with Crippen LogP contribution < -0.4 is 0 Å². The van der Waals surface area contributed by atoms with E-state index in [1.165, 1.54) is 25.7 Å². The van der Waals surface area contributed by atoms with Crippen molar-refractivity contribution in [3.05, 3.63) is 48.6 Å². The van der Waals surface area contributed by atoms with Crippen LogP contribution in [0.2, 0.25) is 0 Å². The summed E-state index contributed by atoms with van der Waals surface area (Å²) in [6.07, 6.45) is 27.3. The SMILES string of the molecule is C[11CH2]CCC/C=C\C/C=C\C/C=C\C/C=C\CCCC(=O)O. The van der Waals surface area contributed by atoms with E-state index in [0.29, 0.717) is 0 Å². The van der Waals surface area contributed by atoms with Crippen LogP contribution in [0.3, 0.4) is 0 Å². The van der Waals surface area contributed by atoms with E-state index < -0.39 is 5.97 Å². The van der Waals surface area contributed by atoms with E-state index in [1.807, 2.05) is 0 Å². The first kappa shape index (κ1) is 20.4. The molecule has 1 N–H and O–H groups in total. The molecule has 0 aliphatic heterocycles. The van der Waals surface area contributed by atoms with Crippen molar-refractivity contribution in [2.45, 2.75) is 71.1 Å². The molecule has 0 saturated heterocycles. The lowest BCUT2D eigenvalue weighted by atomic mass is 9.87. The van der Waals surface area contributed by atoms with Gasteiger partial charge in [-0.2, -0.15) is 0 Å². The van der Waals surface area contributed by atoms with Crippen molar-refractivity contribution in [2.75, 3.05) is 0 Å². The van der Waals surface area contributed by atoms with Gasteiger partial charge in [-0.05, 0) is 44.9 Å². The Morgan fingerprint density at radius 2 is 1.18 bits per heavy atom. The maximum Gasteiger partial charge on any atom is 0.303 e. The van der Waals surface area contributed by atoms with Gasteiger partial charge in [-0.1, -0.05) is 68.4 Å². The van der Waals surface area contributed by atoms with Crippen LogP contribution in [0.1, 0.15) is 71.1 Å². The van der Waals surface area contributed by atoms with Crippen LogP contribution in [0.4, 0.5) is 0 Å². The van der Waals surface area contributed by atoms with E-state index in [4.69, 9.17) is 5.11 Å². The Morgan fingerprint density at radius 3 is 1.64 bits per heavy atom. The summed E-state index contributed by atoms with van der Waals surface area (Å²) in [5.41, 5.74) is 0. The molecule has 0 saturated carbocycles. The van der Waals surface area contributed by atoms with Crippen LogP contribution in [0.25, 0.3) is 0 Å². The monoisotopic (exact) mass is 303 g/mol. The molecular formula is C20H32O2. The third kappa shape index (κ3) is 18.4. The summed E-state index contributed by atoms with van der Waals surface area (Å²) in [7, 11) is 0. The van der Waals surface area contributed by atoms with Crippen molar-refractivity contribution in [3.8, 4) is 0 Å². The minimum absolute atomic E-state index is 0.262. The van der Waals surface area contributed by atoms with Crippen molar-refractivity contribution in [1.29, 1.82) is 0 Å². The lowest BCUT2D eigenvalue weighted by molar-refractivity contribution is -0.137. The van der Waals surface area contributed by atoms with E-state index in [0.717, 1.165) is 32.1 Å². The Kier molecular flexibility index (Phi) is 16.2. The highest BCUT2D eigenvalue weighted by Crippen LogP contribution is 2.01. The summed E-state index contributed by atoms with van der Waals surface area (Å²) in [6, 6.07) is 0. The molecule has 0 heterocycles. The Hall–Kier alpha value is -1.57. The predicted octanol–water partition coefficient (Wildman–Crippen LogP) is 6.22. The minimum atomic E-state index is -0.712. The lowest BCUT2D eigenvalue weighted by Crippen LogP contribution is -1.92. The zero-order chi connectivity index (χ0) is 16.3. The van der Waals surface area contributed by atoms with E-state index in [9.17, 15) is 4.79 Å². The van der Waals surface area contributed by atoms with E-state index in [2.05, 4.69) is 55.5 Å². The Balaban J connectivity index is 3.40. The highest BCUT2D eigenvalue weighted by molar-refractivity contribution is 5.66. The van der Waals surface area contributed by atoms with Crippen molar-refractivity contribution >= 4 is 5.97 Å². The lowest BCUT2D eigenvalue weighted by Gasteiger charge is -1.90. The molecular weight excluding hydrogens is 271 g/mol. The van der Waals surface area contributed by atoms with Crippen LogP contribution in [-0.4, -0.2) is 11.1 Å². The number of hydrogen-bond donors (Lipinski definition) is 1. The molecule has 0 aliphatic carbocycles. The van der Waals surface area contributed by atoms with Gasteiger partial charge < -0.3 is 5.11 Å². The molecule has 0 spiro atoms. The Morgan fingerprint density at radius 1 is 0.727 bits per heavy atom. The van der Waals surface area contributed by atoms with Gasteiger partial charge in [0, 0.05) is 6.42 Å². The number of aliphatic carboxylic acids is 1. The largest absolute Gasteiger partial charge is 0.481 e. The van der Waals surface area contributed by atoms with Crippen molar-refractivity contribution < 1.29 is 9.90 Å². The number of hydrogen-bond acceptors (Lipinski definition) is 1. The Labute approximate surface area is 136 Å². The van der Waals surface area contributed by atoms with Crippen LogP contribution in [-0.2, 0) is 4.79 Å². The molecule has 0 atom stereocenters. The normalized spacial score (nSPS) is 12.4. The molecule has 22 heavy (non-hydrogen) atoms. The molecule has 0 fully saturated rings. The number of carbonyl (C=O) groups is 1. The third-order valence-electron chi connectivity index (χ3n) is 3.22. The molecule has 2 heteroatoms. The fourth-order valence-corrected chi connectivity index (χ4v) is 1.93.